The van der Waals surface area contributed by atoms with Gasteiger partial charge >= 0.3 is 11.9 Å². The number of methoxy groups -OCH3 is 1. The zero-order chi connectivity index (χ0) is 10.8. The number of alkyl halides is 2. The average Bonchev–Trinajstić information content (AvgIpc) is 2.51. The number of halogens is 2. The number of carboxylic acids is 1. The summed E-state index contributed by atoms with van der Waals surface area (Å²) in [7, 11) is 1.42. The highest BCUT2D eigenvalue weighted by atomic mass is 32.1. The van der Waals surface area contributed by atoms with Crippen LogP contribution in [-0.2, 0) is 11.2 Å². The van der Waals surface area contributed by atoms with Crippen LogP contribution >= 0.6 is 11.3 Å². The first-order valence-corrected chi connectivity index (χ1v) is 4.51. The fraction of sp³-hybridized carbons (Fsp3) is 0.375. The average molecular weight is 222 g/mol. The van der Waals surface area contributed by atoms with E-state index in [-0.39, 0.29) is 4.88 Å². The van der Waals surface area contributed by atoms with E-state index >= 15 is 0 Å². The summed E-state index contributed by atoms with van der Waals surface area (Å²) in [6.45, 7) is 0. The first-order chi connectivity index (χ1) is 6.45. The molecule has 6 heteroatoms. The second-order valence-electron chi connectivity index (χ2n) is 2.61. The quantitative estimate of drug-likeness (QED) is 0.847. The van der Waals surface area contributed by atoms with E-state index in [4.69, 9.17) is 9.84 Å². The maximum absolute atomic E-state index is 12.7. The summed E-state index contributed by atoms with van der Waals surface area (Å²) < 4.78 is 30.2. The number of rotatable bonds is 4. The molecule has 1 N–H and O–H groups in total. The molecule has 0 saturated carbocycles. The van der Waals surface area contributed by atoms with Gasteiger partial charge in [0.15, 0.2) is 5.06 Å². The second-order valence-corrected chi connectivity index (χ2v) is 3.74. The topological polar surface area (TPSA) is 46.5 Å². The third-order valence-electron chi connectivity index (χ3n) is 1.55. The van der Waals surface area contributed by atoms with E-state index in [9.17, 15) is 13.6 Å². The monoisotopic (exact) mass is 222 g/mol. The molecule has 0 bridgehead atoms. The van der Waals surface area contributed by atoms with E-state index in [2.05, 4.69) is 0 Å². The van der Waals surface area contributed by atoms with Gasteiger partial charge in [-0.2, -0.15) is 8.78 Å². The number of ether oxygens (including phenoxy) is 1. The van der Waals surface area contributed by atoms with Crippen LogP contribution in [0.2, 0.25) is 0 Å². The predicted molar refractivity (Wildman–Crippen MR) is 47.2 cm³/mol. The smallest absolute Gasteiger partial charge is 0.374 e. The molecular weight excluding hydrogens is 214 g/mol. The highest BCUT2D eigenvalue weighted by Crippen LogP contribution is 2.29. The van der Waals surface area contributed by atoms with Crippen molar-refractivity contribution >= 4 is 17.3 Å². The molecular formula is C8H8F2O3S. The Hall–Kier alpha value is -1.17. The Morgan fingerprint density at radius 3 is 2.71 bits per heavy atom. The van der Waals surface area contributed by atoms with E-state index in [1.165, 1.54) is 19.2 Å². The van der Waals surface area contributed by atoms with Gasteiger partial charge in [0.1, 0.15) is 0 Å². The van der Waals surface area contributed by atoms with E-state index < -0.39 is 18.3 Å². The van der Waals surface area contributed by atoms with E-state index in [0.717, 1.165) is 11.3 Å². The van der Waals surface area contributed by atoms with Crippen LogP contribution in [0, 0.1) is 0 Å². The lowest BCUT2D eigenvalue weighted by Crippen LogP contribution is -2.30. The van der Waals surface area contributed by atoms with Crippen molar-refractivity contribution in [2.75, 3.05) is 7.11 Å². The molecule has 0 radical (unpaired) electrons. The molecule has 0 unspecified atom stereocenters. The molecule has 0 aliphatic carbocycles. The standard InChI is InChI=1S/C8H8F2O3S/c1-13-6-3-2-5(14-6)4-8(9,10)7(11)12/h2-3H,4H2,1H3,(H,11,12). The number of hydrogen-bond donors (Lipinski definition) is 1. The van der Waals surface area contributed by atoms with Crippen LogP contribution in [0.3, 0.4) is 0 Å². The summed E-state index contributed by atoms with van der Waals surface area (Å²) >= 11 is 1.01. The third-order valence-corrected chi connectivity index (χ3v) is 2.59. The molecule has 14 heavy (non-hydrogen) atoms. The minimum Gasteiger partial charge on any atom is -0.487 e. The van der Waals surface area contributed by atoms with Gasteiger partial charge in [-0.25, -0.2) is 4.79 Å². The molecule has 0 amide bonds. The molecule has 0 atom stereocenters. The van der Waals surface area contributed by atoms with Crippen LogP contribution < -0.4 is 4.74 Å². The van der Waals surface area contributed by atoms with E-state index in [1.54, 1.807) is 0 Å². The van der Waals surface area contributed by atoms with Crippen molar-refractivity contribution in [3.63, 3.8) is 0 Å². The van der Waals surface area contributed by atoms with Gasteiger partial charge in [-0.3, -0.25) is 0 Å². The number of carbonyl (C=O) groups is 1. The summed E-state index contributed by atoms with van der Waals surface area (Å²) in [6.07, 6.45) is -0.795. The third kappa shape index (κ3) is 2.41. The van der Waals surface area contributed by atoms with Crippen molar-refractivity contribution in [1.29, 1.82) is 0 Å². The zero-order valence-electron chi connectivity index (χ0n) is 7.29. The maximum atomic E-state index is 12.7. The first kappa shape index (κ1) is 10.9. The van der Waals surface area contributed by atoms with Crippen LogP contribution in [0.15, 0.2) is 12.1 Å². The van der Waals surface area contributed by atoms with Crippen LogP contribution in [0.1, 0.15) is 4.88 Å². The first-order valence-electron chi connectivity index (χ1n) is 3.69. The maximum Gasteiger partial charge on any atom is 0.374 e. The van der Waals surface area contributed by atoms with Crippen molar-refractivity contribution in [2.24, 2.45) is 0 Å². The highest BCUT2D eigenvalue weighted by Gasteiger charge is 2.39. The Labute approximate surface area is 82.9 Å². The number of carboxylic acid groups (broad SMARTS) is 1. The molecule has 1 heterocycles. The number of aliphatic carboxylic acids is 1. The summed E-state index contributed by atoms with van der Waals surface area (Å²) in [5.41, 5.74) is 0. The van der Waals surface area contributed by atoms with Crippen LogP contribution in [0.5, 0.6) is 5.06 Å². The number of thiophene rings is 1. The normalized spacial score (nSPS) is 11.4. The summed E-state index contributed by atoms with van der Waals surface area (Å²) in [4.78, 5) is 10.4. The van der Waals surface area contributed by atoms with Crippen molar-refractivity contribution in [2.45, 2.75) is 12.3 Å². The second kappa shape index (κ2) is 3.91. The van der Waals surface area contributed by atoms with Gasteiger partial charge in [-0.1, -0.05) is 0 Å². The van der Waals surface area contributed by atoms with E-state index in [1.807, 2.05) is 0 Å². The Morgan fingerprint density at radius 2 is 2.29 bits per heavy atom. The van der Waals surface area contributed by atoms with Crippen molar-refractivity contribution in [1.82, 2.24) is 0 Å². The van der Waals surface area contributed by atoms with Gasteiger partial charge in [-0.15, -0.1) is 11.3 Å². The van der Waals surface area contributed by atoms with Gasteiger partial charge in [0.05, 0.1) is 13.5 Å². The SMILES string of the molecule is COc1ccc(CC(F)(F)C(=O)O)s1. The lowest BCUT2D eigenvalue weighted by molar-refractivity contribution is -0.164. The Kier molecular flexibility index (Phi) is 3.05. The Bertz CT molecular complexity index is 335. The molecule has 0 aliphatic rings. The Morgan fingerprint density at radius 1 is 1.64 bits per heavy atom. The number of hydrogen-bond acceptors (Lipinski definition) is 3. The van der Waals surface area contributed by atoms with Crippen molar-refractivity contribution in [3.8, 4) is 5.06 Å². The lowest BCUT2D eigenvalue weighted by Gasteiger charge is -2.08. The molecule has 0 fully saturated rings. The summed E-state index contributed by atoms with van der Waals surface area (Å²) in [5, 5.41) is 8.68. The lowest BCUT2D eigenvalue weighted by atomic mass is 10.2. The molecule has 0 aliphatic heterocycles. The largest absolute Gasteiger partial charge is 0.487 e. The van der Waals surface area contributed by atoms with Crippen molar-refractivity contribution in [3.05, 3.63) is 17.0 Å². The molecule has 0 aromatic carbocycles. The van der Waals surface area contributed by atoms with Gasteiger partial charge in [-0.05, 0) is 12.1 Å². The fourth-order valence-corrected chi connectivity index (χ4v) is 1.72. The molecule has 1 aromatic heterocycles. The molecule has 0 saturated heterocycles. The van der Waals surface area contributed by atoms with Gasteiger partial charge in [0, 0.05) is 4.88 Å². The molecule has 78 valence electrons. The van der Waals surface area contributed by atoms with E-state index in [0.29, 0.717) is 5.06 Å². The molecule has 1 rings (SSSR count). The highest BCUT2D eigenvalue weighted by molar-refractivity contribution is 7.13. The zero-order valence-corrected chi connectivity index (χ0v) is 8.11. The minimum absolute atomic E-state index is 0.286. The molecule has 1 aromatic rings. The molecule has 3 nitrogen and oxygen atoms in total. The minimum atomic E-state index is -3.71. The Balaban J connectivity index is 2.73. The van der Waals surface area contributed by atoms with Gasteiger partial charge in [0.2, 0.25) is 0 Å². The van der Waals surface area contributed by atoms with Crippen LogP contribution in [0.25, 0.3) is 0 Å². The fourth-order valence-electron chi connectivity index (χ4n) is 0.857. The van der Waals surface area contributed by atoms with Crippen molar-refractivity contribution < 1.29 is 23.4 Å². The summed E-state index contributed by atoms with van der Waals surface area (Å²) in [6, 6.07) is 2.96. The van der Waals surface area contributed by atoms with Crippen LogP contribution in [0.4, 0.5) is 8.78 Å². The van der Waals surface area contributed by atoms with Crippen LogP contribution in [-0.4, -0.2) is 24.1 Å². The van der Waals surface area contributed by atoms with Gasteiger partial charge in [0.25, 0.3) is 0 Å². The molecule has 0 spiro atoms. The predicted octanol–water partition coefficient (Wildman–Crippen LogP) is 2.02. The summed E-state index contributed by atoms with van der Waals surface area (Å²) in [5.74, 6) is -5.82. The van der Waals surface area contributed by atoms with Gasteiger partial charge < -0.3 is 9.84 Å².